The summed E-state index contributed by atoms with van der Waals surface area (Å²) in [5, 5.41) is 16.2. The van der Waals surface area contributed by atoms with E-state index in [-0.39, 0.29) is 0 Å². The standard InChI is InChI=1S/C72H50N2Si2/c1-6-22-55(23-7-1)75(56-24-8-2-9-25-56,57-26-10-3-11-27-57)60-43-40-53(41-44-60)73-67-35-19-17-33-62(67)65-50-54(42-46-70(65)73)74-68-36-20-16-32-61(68)64-48-51(38-45-69(64)74)52-39-47-72-66(49-52)63-34-18-21-37-71(63)76(72,58-28-12-4-13-29-58)59-30-14-5-15-31-59/h1-50H. The molecule has 15 rings (SSSR count). The molecule has 0 atom stereocenters. The summed E-state index contributed by atoms with van der Waals surface area (Å²) in [5.41, 5.74) is 12.2. The highest BCUT2D eigenvalue weighted by Gasteiger charge is 2.48. The van der Waals surface area contributed by atoms with Gasteiger partial charge in [0.2, 0.25) is 0 Å². The van der Waals surface area contributed by atoms with E-state index >= 15 is 0 Å². The fraction of sp³-hybridized carbons (Fsp3) is 0. The van der Waals surface area contributed by atoms with Gasteiger partial charge in [0, 0.05) is 32.9 Å². The predicted molar refractivity (Wildman–Crippen MR) is 327 cm³/mol. The predicted octanol–water partition coefficient (Wildman–Crippen LogP) is 12.3. The van der Waals surface area contributed by atoms with Crippen LogP contribution in [0.3, 0.4) is 0 Å². The van der Waals surface area contributed by atoms with Crippen LogP contribution in [0.15, 0.2) is 303 Å². The first-order valence-corrected chi connectivity index (χ1v) is 30.4. The monoisotopic (exact) mass is 998 g/mol. The van der Waals surface area contributed by atoms with Crippen LogP contribution in [0.5, 0.6) is 0 Å². The van der Waals surface area contributed by atoms with Crippen LogP contribution in [-0.2, 0) is 0 Å². The van der Waals surface area contributed by atoms with Gasteiger partial charge < -0.3 is 9.13 Å². The van der Waals surface area contributed by atoms with Crippen LogP contribution < -0.4 is 41.5 Å². The van der Waals surface area contributed by atoms with E-state index in [1.807, 2.05) is 0 Å². The van der Waals surface area contributed by atoms with Gasteiger partial charge >= 0.3 is 0 Å². The van der Waals surface area contributed by atoms with Crippen LogP contribution in [0, 0.1) is 0 Å². The average Bonchev–Trinajstić information content (AvgIpc) is 4.15. The Morgan fingerprint density at radius 3 is 1.22 bits per heavy atom. The van der Waals surface area contributed by atoms with Gasteiger partial charge in [-0.15, -0.1) is 0 Å². The lowest BCUT2D eigenvalue weighted by Gasteiger charge is -2.34. The zero-order chi connectivity index (χ0) is 50.2. The minimum Gasteiger partial charge on any atom is -0.309 e. The number of hydrogen-bond donors (Lipinski definition) is 0. The van der Waals surface area contributed by atoms with Gasteiger partial charge in [-0.25, -0.2) is 0 Å². The normalized spacial score (nSPS) is 12.8. The average molecular weight is 999 g/mol. The van der Waals surface area contributed by atoms with E-state index in [1.165, 1.54) is 107 Å². The van der Waals surface area contributed by atoms with Gasteiger partial charge in [0.1, 0.15) is 0 Å². The largest absolute Gasteiger partial charge is 0.309 e. The number of benzene rings is 12. The molecule has 12 aromatic carbocycles. The summed E-state index contributed by atoms with van der Waals surface area (Å²) in [4.78, 5) is 0. The van der Waals surface area contributed by atoms with Crippen molar-refractivity contribution in [1.29, 1.82) is 0 Å². The third kappa shape index (κ3) is 6.51. The van der Waals surface area contributed by atoms with Crippen molar-refractivity contribution in [1.82, 2.24) is 9.13 Å². The molecule has 0 unspecified atom stereocenters. The number of hydrogen-bond acceptors (Lipinski definition) is 0. The summed E-state index contributed by atoms with van der Waals surface area (Å²) in [7, 11) is -5.25. The quantitative estimate of drug-likeness (QED) is 0.101. The van der Waals surface area contributed by atoms with Crippen molar-refractivity contribution in [3.8, 4) is 33.6 Å². The maximum atomic E-state index is 2.47. The lowest BCUT2D eigenvalue weighted by molar-refractivity contribution is 1.17. The summed E-state index contributed by atoms with van der Waals surface area (Å²) >= 11 is 0. The highest BCUT2D eigenvalue weighted by Crippen LogP contribution is 2.39. The highest BCUT2D eigenvalue weighted by atomic mass is 28.3. The maximum absolute atomic E-state index is 2.68. The molecule has 3 heterocycles. The molecule has 76 heavy (non-hydrogen) atoms. The first-order valence-electron chi connectivity index (χ1n) is 26.4. The number of aromatic nitrogens is 2. The van der Waals surface area contributed by atoms with E-state index in [0.717, 1.165) is 11.4 Å². The Labute approximate surface area is 444 Å². The molecule has 0 saturated carbocycles. The number of fused-ring (bicyclic) bond motifs is 9. The second-order valence-corrected chi connectivity index (χ2v) is 27.9. The van der Waals surface area contributed by atoms with E-state index in [0.29, 0.717) is 0 Å². The molecule has 0 bridgehead atoms. The van der Waals surface area contributed by atoms with Gasteiger partial charge in [-0.2, -0.15) is 0 Å². The lowest BCUT2D eigenvalue weighted by Crippen LogP contribution is -2.74. The van der Waals surface area contributed by atoms with Crippen molar-refractivity contribution in [3.05, 3.63) is 303 Å². The second-order valence-electron chi connectivity index (χ2n) is 20.3. The lowest BCUT2D eigenvalue weighted by atomic mass is 9.98. The Bertz CT molecular complexity index is 4350. The Morgan fingerprint density at radius 2 is 0.645 bits per heavy atom. The molecule has 2 nitrogen and oxygen atoms in total. The van der Waals surface area contributed by atoms with Crippen LogP contribution in [0.1, 0.15) is 0 Å². The molecule has 0 spiro atoms. The summed E-state index contributed by atoms with van der Waals surface area (Å²) in [6.45, 7) is 0. The molecule has 4 heteroatoms. The Kier molecular flexibility index (Phi) is 10.3. The van der Waals surface area contributed by atoms with Crippen LogP contribution in [0.2, 0.25) is 0 Å². The number of para-hydroxylation sites is 2. The van der Waals surface area contributed by atoms with Crippen molar-refractivity contribution >= 4 is 101 Å². The van der Waals surface area contributed by atoms with Crippen molar-refractivity contribution in [2.75, 3.05) is 0 Å². The summed E-state index contributed by atoms with van der Waals surface area (Å²) < 4.78 is 4.92. The molecule has 1 aliphatic rings. The van der Waals surface area contributed by atoms with Crippen LogP contribution in [0.25, 0.3) is 77.2 Å². The zero-order valence-corrected chi connectivity index (χ0v) is 43.8. The Balaban J connectivity index is 0.852. The minimum absolute atomic E-state index is 1.14. The molecule has 14 aromatic rings. The SMILES string of the molecule is c1ccc([Si](c2ccccc2)(c2ccccc2)c2ccc(-n3c4ccccc4c4cc(-n5c6ccccc6c6cc(-c7ccc8c(c7)-c7ccccc7[Si]8(c7ccccc7)c7ccccc7)ccc65)ccc43)cc2)cc1. The highest BCUT2D eigenvalue weighted by molar-refractivity contribution is 7.22. The smallest absolute Gasteiger partial charge is 0.180 e. The van der Waals surface area contributed by atoms with Crippen LogP contribution in [-0.4, -0.2) is 25.3 Å². The molecule has 0 N–H and O–H groups in total. The first kappa shape index (κ1) is 44.2. The Hall–Kier alpha value is -9.33. The Morgan fingerprint density at radius 1 is 0.250 bits per heavy atom. The molecule has 0 fully saturated rings. The van der Waals surface area contributed by atoms with Crippen molar-refractivity contribution in [2.24, 2.45) is 0 Å². The van der Waals surface area contributed by atoms with Crippen molar-refractivity contribution < 1.29 is 0 Å². The van der Waals surface area contributed by atoms with Gasteiger partial charge in [-0.3, -0.25) is 0 Å². The molecule has 1 aliphatic heterocycles. The van der Waals surface area contributed by atoms with E-state index in [1.54, 1.807) is 0 Å². The zero-order valence-electron chi connectivity index (χ0n) is 41.8. The minimum atomic E-state index is -2.68. The molecular weight excluding hydrogens is 949 g/mol. The summed E-state index contributed by atoms with van der Waals surface area (Å²) in [6.07, 6.45) is 0. The van der Waals surface area contributed by atoms with Gasteiger partial charge in [0.15, 0.2) is 16.1 Å². The molecule has 0 amide bonds. The molecule has 356 valence electrons. The number of rotatable bonds is 9. The third-order valence-corrected chi connectivity index (χ3v) is 26.2. The van der Waals surface area contributed by atoms with Gasteiger partial charge in [0.05, 0.1) is 22.1 Å². The third-order valence-electron chi connectivity index (χ3n) is 16.6. The van der Waals surface area contributed by atoms with E-state index in [2.05, 4.69) is 312 Å². The van der Waals surface area contributed by atoms with Crippen molar-refractivity contribution in [2.45, 2.75) is 0 Å². The van der Waals surface area contributed by atoms with E-state index in [4.69, 9.17) is 0 Å². The molecule has 2 aromatic heterocycles. The molecule has 0 aliphatic carbocycles. The van der Waals surface area contributed by atoms with E-state index in [9.17, 15) is 0 Å². The van der Waals surface area contributed by atoms with Gasteiger partial charge in [0.25, 0.3) is 0 Å². The van der Waals surface area contributed by atoms with Gasteiger partial charge in [-0.05, 0) is 124 Å². The van der Waals surface area contributed by atoms with Gasteiger partial charge in [-0.1, -0.05) is 243 Å². The second kappa shape index (κ2) is 17.7. The molecule has 0 saturated heterocycles. The topological polar surface area (TPSA) is 9.86 Å². The molecule has 0 radical (unpaired) electrons. The maximum Gasteiger partial charge on any atom is 0.180 e. The first-order chi connectivity index (χ1) is 37.7. The van der Waals surface area contributed by atoms with Crippen molar-refractivity contribution in [3.63, 3.8) is 0 Å². The van der Waals surface area contributed by atoms with Crippen LogP contribution in [0.4, 0.5) is 0 Å². The fourth-order valence-electron chi connectivity index (χ4n) is 13.4. The summed E-state index contributed by atoms with van der Waals surface area (Å²) in [6, 6.07) is 114. The summed E-state index contributed by atoms with van der Waals surface area (Å²) in [5.74, 6) is 0. The fourth-order valence-corrected chi connectivity index (χ4v) is 23.3. The molecular formula is C72H50N2Si2. The van der Waals surface area contributed by atoms with Crippen LogP contribution >= 0.6 is 0 Å². The number of nitrogens with zero attached hydrogens (tertiary/aromatic N) is 2. The van der Waals surface area contributed by atoms with E-state index < -0.39 is 16.1 Å².